The van der Waals surface area contributed by atoms with Crippen LogP contribution in [0.1, 0.15) is 31.7 Å². The van der Waals surface area contributed by atoms with Crippen molar-refractivity contribution in [3.8, 4) is 0 Å². The Labute approximate surface area is 150 Å². The molecule has 2 N–H and O–H groups in total. The number of nitrogens with one attached hydrogen (secondary N) is 2. The fourth-order valence-corrected chi connectivity index (χ4v) is 3.49. The molecule has 0 amide bonds. The number of pyridine rings is 1. The van der Waals surface area contributed by atoms with E-state index in [1.54, 1.807) is 12.4 Å². The van der Waals surface area contributed by atoms with Crippen molar-refractivity contribution < 1.29 is 4.84 Å². The van der Waals surface area contributed by atoms with E-state index in [1.807, 2.05) is 17.1 Å². The van der Waals surface area contributed by atoms with Gasteiger partial charge in [-0.2, -0.15) is 5.10 Å². The number of hydroxylamine groups is 1. The van der Waals surface area contributed by atoms with E-state index in [4.69, 9.17) is 4.84 Å². The van der Waals surface area contributed by atoms with Gasteiger partial charge >= 0.3 is 0 Å². The molecule has 1 spiro atoms. The number of nitrogens with zero attached hydrogens (tertiary/aromatic N) is 5. The molecule has 4 heterocycles. The Kier molecular flexibility index (Phi) is 3.39. The van der Waals surface area contributed by atoms with Crippen LogP contribution >= 0.6 is 0 Å². The van der Waals surface area contributed by atoms with Gasteiger partial charge in [0.15, 0.2) is 5.65 Å². The summed E-state index contributed by atoms with van der Waals surface area (Å²) < 4.78 is 1.88. The van der Waals surface area contributed by atoms with Crippen molar-refractivity contribution in [3.05, 3.63) is 42.8 Å². The van der Waals surface area contributed by atoms with Crippen molar-refractivity contribution in [1.29, 1.82) is 0 Å². The summed E-state index contributed by atoms with van der Waals surface area (Å²) in [4.78, 5) is 18.7. The smallest absolute Gasteiger partial charge is 0.159 e. The van der Waals surface area contributed by atoms with Gasteiger partial charge in [0.25, 0.3) is 0 Å². The van der Waals surface area contributed by atoms with E-state index in [0.29, 0.717) is 0 Å². The minimum atomic E-state index is -0.162. The number of aromatic nitrogens is 5. The first-order chi connectivity index (χ1) is 12.8. The van der Waals surface area contributed by atoms with Crippen LogP contribution in [0.15, 0.2) is 37.2 Å². The molecule has 0 atom stereocenters. The van der Waals surface area contributed by atoms with Crippen molar-refractivity contribution in [2.24, 2.45) is 0 Å². The van der Waals surface area contributed by atoms with Crippen LogP contribution in [0.4, 0.5) is 11.4 Å². The molecule has 132 valence electrons. The standard InChI is InChI=1S/C18H19N7O/c1-2-25-17-14(10-22-25)16(23-12-7-19-11-20-8-12)13(9-21-17)15-6-18(26-24-15)4-3-5-18/h6-11,24H,2-5H2,1H3,(H,21,23). The quantitative estimate of drug-likeness (QED) is 0.748. The Morgan fingerprint density at radius 1 is 1.23 bits per heavy atom. The van der Waals surface area contributed by atoms with Gasteiger partial charge in [-0.3, -0.25) is 10.3 Å². The van der Waals surface area contributed by atoms with Crippen molar-refractivity contribution >= 4 is 28.1 Å². The Hall–Kier alpha value is -3.00. The molecule has 3 aromatic heterocycles. The minimum Gasteiger partial charge on any atom is -0.352 e. The second kappa shape index (κ2) is 5.77. The summed E-state index contributed by atoms with van der Waals surface area (Å²) in [7, 11) is 0. The lowest BCUT2D eigenvalue weighted by molar-refractivity contribution is -0.0821. The van der Waals surface area contributed by atoms with Crippen molar-refractivity contribution in [2.75, 3.05) is 5.32 Å². The molecule has 0 saturated heterocycles. The Morgan fingerprint density at radius 3 is 2.77 bits per heavy atom. The highest BCUT2D eigenvalue weighted by Gasteiger charge is 2.41. The molecular formula is C18H19N7O. The zero-order valence-corrected chi connectivity index (χ0v) is 14.4. The second-order valence-corrected chi connectivity index (χ2v) is 6.68. The van der Waals surface area contributed by atoms with Crippen LogP contribution in [-0.2, 0) is 11.4 Å². The minimum absolute atomic E-state index is 0.162. The molecule has 0 unspecified atom stereocenters. The third kappa shape index (κ3) is 2.33. The van der Waals surface area contributed by atoms with Gasteiger partial charge in [-0.1, -0.05) is 0 Å². The molecule has 8 nitrogen and oxygen atoms in total. The van der Waals surface area contributed by atoms with Crippen molar-refractivity contribution in [1.82, 2.24) is 30.2 Å². The van der Waals surface area contributed by atoms with Gasteiger partial charge in [0.2, 0.25) is 0 Å². The molecule has 1 aliphatic heterocycles. The highest BCUT2D eigenvalue weighted by Crippen LogP contribution is 2.43. The van der Waals surface area contributed by atoms with Gasteiger partial charge in [0.05, 0.1) is 41.0 Å². The first kappa shape index (κ1) is 15.3. The van der Waals surface area contributed by atoms with Gasteiger partial charge in [-0.05, 0) is 32.3 Å². The predicted molar refractivity (Wildman–Crippen MR) is 97.3 cm³/mol. The molecule has 0 aromatic carbocycles. The van der Waals surface area contributed by atoms with E-state index in [2.05, 4.69) is 43.8 Å². The molecule has 3 aromatic rings. The highest BCUT2D eigenvalue weighted by atomic mass is 16.7. The molecule has 26 heavy (non-hydrogen) atoms. The number of hydrogen-bond donors (Lipinski definition) is 2. The van der Waals surface area contributed by atoms with Gasteiger partial charge in [-0.15, -0.1) is 0 Å². The summed E-state index contributed by atoms with van der Waals surface area (Å²) in [5.41, 5.74) is 7.39. The number of hydrogen-bond acceptors (Lipinski definition) is 7. The summed E-state index contributed by atoms with van der Waals surface area (Å²) in [5, 5.41) is 8.84. The van der Waals surface area contributed by atoms with E-state index >= 15 is 0 Å². The topological polar surface area (TPSA) is 89.8 Å². The van der Waals surface area contributed by atoms with Crippen molar-refractivity contribution in [2.45, 2.75) is 38.3 Å². The zero-order valence-electron chi connectivity index (χ0n) is 14.4. The Balaban J connectivity index is 1.65. The maximum atomic E-state index is 5.84. The fraction of sp³-hybridized carbons (Fsp3) is 0.333. The maximum absolute atomic E-state index is 5.84. The lowest BCUT2D eigenvalue weighted by Crippen LogP contribution is -2.36. The third-order valence-corrected chi connectivity index (χ3v) is 5.06. The van der Waals surface area contributed by atoms with Crippen LogP contribution in [0, 0.1) is 0 Å². The molecule has 0 bridgehead atoms. The normalized spacial score (nSPS) is 17.8. The van der Waals surface area contributed by atoms with E-state index in [9.17, 15) is 0 Å². The molecule has 5 rings (SSSR count). The molecule has 1 aliphatic carbocycles. The third-order valence-electron chi connectivity index (χ3n) is 5.06. The largest absolute Gasteiger partial charge is 0.352 e. The van der Waals surface area contributed by atoms with Gasteiger partial charge in [-0.25, -0.2) is 19.6 Å². The van der Waals surface area contributed by atoms with Crippen LogP contribution in [0.3, 0.4) is 0 Å². The summed E-state index contributed by atoms with van der Waals surface area (Å²) in [5.74, 6) is 0. The van der Waals surface area contributed by atoms with Crippen LogP contribution in [0.2, 0.25) is 0 Å². The van der Waals surface area contributed by atoms with Crippen LogP contribution < -0.4 is 10.8 Å². The zero-order chi connectivity index (χ0) is 17.6. The lowest BCUT2D eigenvalue weighted by atomic mass is 9.80. The molecule has 2 aliphatic rings. The first-order valence-corrected chi connectivity index (χ1v) is 8.82. The average Bonchev–Trinajstić information content (AvgIpc) is 3.27. The number of fused-ring (bicyclic) bond motifs is 1. The SMILES string of the molecule is CCn1ncc2c(Nc3cncnc3)c(C3=CC4(CCC4)ON3)cnc21. The Morgan fingerprint density at radius 2 is 2.08 bits per heavy atom. The molecular weight excluding hydrogens is 330 g/mol. The lowest BCUT2D eigenvalue weighted by Gasteiger charge is -2.33. The predicted octanol–water partition coefficient (Wildman–Crippen LogP) is 2.78. The highest BCUT2D eigenvalue weighted by molar-refractivity contribution is 5.97. The average molecular weight is 349 g/mol. The number of aryl methyl sites for hydroxylation is 1. The van der Waals surface area contributed by atoms with Crippen LogP contribution in [-0.4, -0.2) is 30.3 Å². The molecule has 8 heteroatoms. The summed E-state index contributed by atoms with van der Waals surface area (Å²) >= 11 is 0. The van der Waals surface area contributed by atoms with Crippen molar-refractivity contribution in [3.63, 3.8) is 0 Å². The summed E-state index contributed by atoms with van der Waals surface area (Å²) in [6.07, 6.45) is 14.2. The van der Waals surface area contributed by atoms with E-state index in [1.165, 1.54) is 12.7 Å². The van der Waals surface area contributed by atoms with E-state index in [0.717, 1.165) is 53.1 Å². The molecule has 0 radical (unpaired) electrons. The van der Waals surface area contributed by atoms with E-state index < -0.39 is 0 Å². The summed E-state index contributed by atoms with van der Waals surface area (Å²) in [6, 6.07) is 0. The fourth-order valence-electron chi connectivity index (χ4n) is 3.49. The first-order valence-electron chi connectivity index (χ1n) is 8.82. The van der Waals surface area contributed by atoms with Crippen LogP contribution in [0.25, 0.3) is 16.7 Å². The number of rotatable bonds is 4. The van der Waals surface area contributed by atoms with Crippen LogP contribution in [0.5, 0.6) is 0 Å². The van der Waals surface area contributed by atoms with Gasteiger partial charge in [0.1, 0.15) is 11.9 Å². The van der Waals surface area contributed by atoms with Gasteiger partial charge in [0, 0.05) is 18.3 Å². The Bertz CT molecular complexity index is 991. The monoisotopic (exact) mass is 349 g/mol. The molecule has 1 saturated carbocycles. The van der Waals surface area contributed by atoms with E-state index in [-0.39, 0.29) is 5.60 Å². The van der Waals surface area contributed by atoms with Gasteiger partial charge < -0.3 is 5.32 Å². The second-order valence-electron chi connectivity index (χ2n) is 6.68. The number of anilines is 2. The maximum Gasteiger partial charge on any atom is 0.159 e. The molecule has 1 fully saturated rings. The summed E-state index contributed by atoms with van der Waals surface area (Å²) in [6.45, 7) is 2.81.